The van der Waals surface area contributed by atoms with Gasteiger partial charge in [0.05, 0.1) is 28.8 Å². The van der Waals surface area contributed by atoms with Crippen molar-refractivity contribution in [2.75, 3.05) is 12.4 Å². The van der Waals surface area contributed by atoms with E-state index in [0.717, 1.165) is 9.86 Å². The summed E-state index contributed by atoms with van der Waals surface area (Å²) >= 11 is 3.40. The van der Waals surface area contributed by atoms with Crippen molar-refractivity contribution >= 4 is 50.2 Å². The lowest BCUT2D eigenvalue weighted by Crippen LogP contribution is -2.00. The van der Waals surface area contributed by atoms with Crippen LogP contribution in [0.5, 0.6) is 5.75 Å². The first-order valence-electron chi connectivity index (χ1n) is 7.16. The second-order valence-corrected chi connectivity index (χ2v) is 6.05. The quantitative estimate of drug-likeness (QED) is 0.385. The minimum Gasteiger partial charge on any atom is -0.490 e. The Morgan fingerprint density at radius 1 is 1.28 bits per heavy atom. The molecule has 0 unspecified atom stereocenters. The minimum absolute atomic E-state index is 0.161. The minimum atomic E-state index is -0.522. The third kappa shape index (κ3) is 3.29. The standard InChI is InChI=1S/C17H12BrN3O4/c1-25-16-5-3-12(7-15(16)21(23)24)20-17-10(9-22)8-19-14-4-2-11(18)6-13(14)17/h2-9H,1H3,(H,19,20). The first kappa shape index (κ1) is 16.8. The van der Waals surface area contributed by atoms with E-state index in [4.69, 9.17) is 4.74 Å². The molecule has 0 fully saturated rings. The SMILES string of the molecule is COc1ccc(Nc2c(C=O)cnc3ccc(Br)cc23)cc1[N+](=O)[O-]. The van der Waals surface area contributed by atoms with Gasteiger partial charge >= 0.3 is 5.69 Å². The fourth-order valence-electron chi connectivity index (χ4n) is 2.46. The summed E-state index contributed by atoms with van der Waals surface area (Å²) in [4.78, 5) is 26.3. The van der Waals surface area contributed by atoms with Crippen molar-refractivity contribution in [2.24, 2.45) is 0 Å². The van der Waals surface area contributed by atoms with Crippen molar-refractivity contribution in [2.45, 2.75) is 0 Å². The fraction of sp³-hybridized carbons (Fsp3) is 0.0588. The molecule has 0 atom stereocenters. The van der Waals surface area contributed by atoms with Crippen LogP contribution in [0.3, 0.4) is 0 Å². The van der Waals surface area contributed by atoms with Gasteiger partial charge in [0, 0.05) is 27.8 Å². The van der Waals surface area contributed by atoms with Gasteiger partial charge in [-0.25, -0.2) is 0 Å². The van der Waals surface area contributed by atoms with E-state index in [-0.39, 0.29) is 11.4 Å². The Bertz CT molecular complexity index is 991. The number of nitrogens with one attached hydrogen (secondary N) is 1. The number of hydrogen-bond donors (Lipinski definition) is 1. The maximum absolute atomic E-state index is 11.4. The number of nitro groups is 1. The van der Waals surface area contributed by atoms with Crippen molar-refractivity contribution in [1.82, 2.24) is 4.98 Å². The van der Waals surface area contributed by atoms with E-state index >= 15 is 0 Å². The lowest BCUT2D eigenvalue weighted by Gasteiger charge is -2.13. The number of ether oxygens (including phenoxy) is 1. The summed E-state index contributed by atoms with van der Waals surface area (Å²) in [5.74, 6) is 0.161. The van der Waals surface area contributed by atoms with Gasteiger partial charge in [-0.1, -0.05) is 15.9 Å². The van der Waals surface area contributed by atoms with Gasteiger partial charge in [0.2, 0.25) is 0 Å². The van der Waals surface area contributed by atoms with Crippen LogP contribution in [0.4, 0.5) is 17.1 Å². The molecule has 0 aliphatic rings. The van der Waals surface area contributed by atoms with Crippen LogP contribution >= 0.6 is 15.9 Å². The van der Waals surface area contributed by atoms with Gasteiger partial charge in [-0.3, -0.25) is 19.9 Å². The van der Waals surface area contributed by atoms with Crippen LogP contribution in [-0.4, -0.2) is 23.3 Å². The fourth-order valence-corrected chi connectivity index (χ4v) is 2.82. The molecule has 3 rings (SSSR count). The summed E-state index contributed by atoms with van der Waals surface area (Å²) in [6.07, 6.45) is 2.15. The van der Waals surface area contributed by atoms with Crippen molar-refractivity contribution in [1.29, 1.82) is 0 Å². The number of anilines is 2. The van der Waals surface area contributed by atoms with Gasteiger partial charge in [0.1, 0.15) is 0 Å². The Morgan fingerprint density at radius 3 is 2.76 bits per heavy atom. The zero-order valence-corrected chi connectivity index (χ0v) is 14.6. The lowest BCUT2D eigenvalue weighted by atomic mass is 10.1. The lowest BCUT2D eigenvalue weighted by molar-refractivity contribution is -0.385. The third-order valence-corrected chi connectivity index (χ3v) is 4.12. The van der Waals surface area contributed by atoms with Gasteiger partial charge in [-0.15, -0.1) is 0 Å². The molecule has 7 nitrogen and oxygen atoms in total. The Hall–Kier alpha value is -3.00. The average Bonchev–Trinajstić information content (AvgIpc) is 2.62. The number of benzene rings is 2. The molecule has 0 bridgehead atoms. The first-order chi connectivity index (χ1) is 12.0. The van der Waals surface area contributed by atoms with Crippen LogP contribution in [0.15, 0.2) is 47.1 Å². The third-order valence-electron chi connectivity index (χ3n) is 3.63. The molecular weight excluding hydrogens is 390 g/mol. The maximum atomic E-state index is 11.4. The predicted octanol–water partition coefficient (Wildman–Crippen LogP) is 4.47. The number of carbonyl (C=O) groups is 1. The number of pyridine rings is 1. The van der Waals surface area contributed by atoms with Gasteiger partial charge in [0.15, 0.2) is 12.0 Å². The Balaban J connectivity index is 2.14. The van der Waals surface area contributed by atoms with Crippen molar-refractivity contribution in [3.63, 3.8) is 0 Å². The highest BCUT2D eigenvalue weighted by atomic mass is 79.9. The monoisotopic (exact) mass is 401 g/mol. The number of hydrogen-bond acceptors (Lipinski definition) is 6. The number of rotatable bonds is 5. The normalized spacial score (nSPS) is 10.5. The number of aldehydes is 1. The molecule has 3 aromatic rings. The molecule has 0 aliphatic carbocycles. The highest BCUT2D eigenvalue weighted by molar-refractivity contribution is 9.10. The van der Waals surface area contributed by atoms with Crippen molar-refractivity contribution in [3.8, 4) is 5.75 Å². The molecule has 0 amide bonds. The van der Waals surface area contributed by atoms with Crippen LogP contribution in [0, 0.1) is 10.1 Å². The Kier molecular flexibility index (Phi) is 4.62. The molecule has 1 N–H and O–H groups in total. The zero-order chi connectivity index (χ0) is 18.0. The number of fused-ring (bicyclic) bond motifs is 1. The molecule has 0 spiro atoms. The van der Waals surface area contributed by atoms with Gasteiger partial charge in [0.25, 0.3) is 0 Å². The summed E-state index contributed by atoms with van der Waals surface area (Å²) in [6.45, 7) is 0. The van der Waals surface area contributed by atoms with Crippen LogP contribution in [-0.2, 0) is 0 Å². The summed E-state index contributed by atoms with van der Waals surface area (Å²) in [5, 5.41) is 15.0. The molecule has 0 radical (unpaired) electrons. The molecule has 1 heterocycles. The van der Waals surface area contributed by atoms with E-state index in [1.807, 2.05) is 18.2 Å². The second kappa shape index (κ2) is 6.86. The predicted molar refractivity (Wildman–Crippen MR) is 97.8 cm³/mol. The molecule has 0 aliphatic heterocycles. The topological polar surface area (TPSA) is 94.4 Å². The highest BCUT2D eigenvalue weighted by Gasteiger charge is 2.16. The van der Waals surface area contributed by atoms with E-state index in [2.05, 4.69) is 26.2 Å². The number of carbonyl (C=O) groups excluding carboxylic acids is 1. The molecule has 2 aromatic carbocycles. The number of methoxy groups -OCH3 is 1. The second-order valence-electron chi connectivity index (χ2n) is 5.14. The van der Waals surface area contributed by atoms with Gasteiger partial charge < -0.3 is 10.1 Å². The van der Waals surface area contributed by atoms with E-state index < -0.39 is 4.92 Å². The highest BCUT2D eigenvalue weighted by Crippen LogP contribution is 2.34. The molecule has 1 aromatic heterocycles. The maximum Gasteiger partial charge on any atom is 0.312 e. The number of halogens is 1. The van der Waals surface area contributed by atoms with Gasteiger partial charge in [-0.2, -0.15) is 0 Å². The van der Waals surface area contributed by atoms with Crippen LogP contribution < -0.4 is 10.1 Å². The first-order valence-corrected chi connectivity index (χ1v) is 7.95. The Labute approximate surface area is 150 Å². The molecule has 25 heavy (non-hydrogen) atoms. The molecular formula is C17H12BrN3O4. The molecule has 126 valence electrons. The van der Waals surface area contributed by atoms with Crippen LogP contribution in [0.25, 0.3) is 10.9 Å². The van der Waals surface area contributed by atoms with E-state index in [0.29, 0.717) is 28.7 Å². The summed E-state index contributed by atoms with van der Waals surface area (Å²) in [5.41, 5.74) is 1.87. The number of nitrogens with zero attached hydrogens (tertiary/aromatic N) is 2. The van der Waals surface area contributed by atoms with E-state index in [9.17, 15) is 14.9 Å². The summed E-state index contributed by atoms with van der Waals surface area (Å²) in [6, 6.07) is 9.99. The average molecular weight is 402 g/mol. The van der Waals surface area contributed by atoms with Crippen molar-refractivity contribution < 1.29 is 14.5 Å². The zero-order valence-electron chi connectivity index (χ0n) is 13.0. The van der Waals surface area contributed by atoms with Crippen LogP contribution in [0.1, 0.15) is 10.4 Å². The summed E-state index contributed by atoms with van der Waals surface area (Å²) < 4.78 is 5.83. The number of aromatic nitrogens is 1. The van der Waals surface area contributed by atoms with Gasteiger partial charge in [-0.05, 0) is 30.3 Å². The Morgan fingerprint density at radius 2 is 2.08 bits per heavy atom. The molecule has 0 saturated heterocycles. The smallest absolute Gasteiger partial charge is 0.312 e. The van der Waals surface area contributed by atoms with Crippen LogP contribution in [0.2, 0.25) is 0 Å². The van der Waals surface area contributed by atoms with E-state index in [1.54, 1.807) is 6.07 Å². The van der Waals surface area contributed by atoms with E-state index in [1.165, 1.54) is 25.4 Å². The molecule has 8 heteroatoms. The largest absolute Gasteiger partial charge is 0.490 e. The number of nitro benzene ring substituents is 1. The molecule has 0 saturated carbocycles. The summed E-state index contributed by atoms with van der Waals surface area (Å²) in [7, 11) is 1.37. The van der Waals surface area contributed by atoms with Crippen molar-refractivity contribution in [3.05, 3.63) is 62.7 Å².